The van der Waals surface area contributed by atoms with Crippen molar-refractivity contribution >= 4 is 17.6 Å². The van der Waals surface area contributed by atoms with E-state index < -0.39 is 11.0 Å². The van der Waals surface area contributed by atoms with E-state index in [-0.39, 0.29) is 5.97 Å². The Kier molecular flexibility index (Phi) is 3.49. The van der Waals surface area contributed by atoms with Gasteiger partial charge in [0, 0.05) is 10.6 Å². The van der Waals surface area contributed by atoms with Gasteiger partial charge in [-0.05, 0) is 38.0 Å². The third-order valence-electron chi connectivity index (χ3n) is 3.62. The molecular weight excluding hydrogens is 268 g/mol. The van der Waals surface area contributed by atoms with Gasteiger partial charge in [0.1, 0.15) is 11.2 Å². The van der Waals surface area contributed by atoms with Gasteiger partial charge in [-0.3, -0.25) is 4.79 Å². The van der Waals surface area contributed by atoms with Gasteiger partial charge in [0.15, 0.2) is 0 Å². The van der Waals surface area contributed by atoms with Crippen molar-refractivity contribution in [1.82, 2.24) is 0 Å². The highest BCUT2D eigenvalue weighted by Gasteiger charge is 2.59. The van der Waals surface area contributed by atoms with Crippen LogP contribution in [0.1, 0.15) is 25.3 Å². The minimum Gasteiger partial charge on any atom is -0.496 e. The number of rotatable bonds is 3. The Bertz CT molecular complexity index is 502. The van der Waals surface area contributed by atoms with E-state index in [0.29, 0.717) is 29.2 Å². The lowest BCUT2D eigenvalue weighted by molar-refractivity contribution is -0.166. The minimum atomic E-state index is -0.880. The van der Waals surface area contributed by atoms with Crippen molar-refractivity contribution in [2.45, 2.75) is 30.8 Å². The lowest BCUT2D eigenvalue weighted by atomic mass is 9.56. The van der Waals surface area contributed by atoms with Gasteiger partial charge in [-0.2, -0.15) is 0 Å². The molecule has 0 bridgehead atoms. The second-order valence-electron chi connectivity index (χ2n) is 5.27. The number of carbonyl (C=O) groups is 1. The van der Waals surface area contributed by atoms with Gasteiger partial charge in [0.2, 0.25) is 0 Å². The molecule has 0 heterocycles. The standard InChI is InChI=1S/C14H17ClO4/c1-13(17)7-14(8-13,12(16)19-3)10-6-9(15)4-5-11(10)18-2/h4-6,17H,7-8H2,1-3H3. The average molecular weight is 285 g/mol. The molecule has 4 nitrogen and oxygen atoms in total. The molecule has 19 heavy (non-hydrogen) atoms. The number of hydrogen-bond donors (Lipinski definition) is 1. The molecule has 104 valence electrons. The summed E-state index contributed by atoms with van der Waals surface area (Å²) in [6.45, 7) is 1.70. The lowest BCUT2D eigenvalue weighted by Gasteiger charge is -2.50. The van der Waals surface area contributed by atoms with Crippen LogP contribution in [0, 0.1) is 0 Å². The van der Waals surface area contributed by atoms with Gasteiger partial charge in [-0.1, -0.05) is 11.6 Å². The summed E-state index contributed by atoms with van der Waals surface area (Å²) in [5.74, 6) is 0.199. The summed E-state index contributed by atoms with van der Waals surface area (Å²) in [5.41, 5.74) is -1.09. The summed E-state index contributed by atoms with van der Waals surface area (Å²) in [5, 5.41) is 10.5. The van der Waals surface area contributed by atoms with Gasteiger partial charge >= 0.3 is 5.97 Å². The summed E-state index contributed by atoms with van der Waals surface area (Å²) < 4.78 is 10.2. The fourth-order valence-electron chi connectivity index (χ4n) is 2.94. The highest BCUT2D eigenvalue weighted by Crippen LogP contribution is 2.53. The van der Waals surface area contributed by atoms with Crippen LogP contribution in [0.15, 0.2) is 18.2 Å². The Labute approximate surface area is 117 Å². The first-order valence-electron chi connectivity index (χ1n) is 5.99. The average Bonchev–Trinajstić information content (AvgIpc) is 2.34. The molecule has 0 aromatic heterocycles. The van der Waals surface area contributed by atoms with Crippen LogP contribution in [0.2, 0.25) is 5.02 Å². The van der Waals surface area contributed by atoms with Crippen molar-refractivity contribution < 1.29 is 19.4 Å². The molecule has 0 radical (unpaired) electrons. The maximum atomic E-state index is 12.2. The molecule has 0 aliphatic heterocycles. The van der Waals surface area contributed by atoms with Gasteiger partial charge < -0.3 is 14.6 Å². The van der Waals surface area contributed by atoms with E-state index in [9.17, 15) is 9.90 Å². The minimum absolute atomic E-state index is 0.295. The molecule has 1 N–H and O–H groups in total. The Balaban J connectivity index is 2.52. The molecule has 0 spiro atoms. The number of benzene rings is 1. The second-order valence-corrected chi connectivity index (χ2v) is 5.71. The summed E-state index contributed by atoms with van der Waals surface area (Å²) in [6, 6.07) is 5.12. The zero-order chi connectivity index (χ0) is 14.3. The quantitative estimate of drug-likeness (QED) is 0.866. The lowest BCUT2D eigenvalue weighted by Crippen LogP contribution is -2.57. The highest BCUT2D eigenvalue weighted by atomic mass is 35.5. The van der Waals surface area contributed by atoms with Crippen LogP contribution in [0.3, 0.4) is 0 Å². The summed E-state index contributed by atoms with van der Waals surface area (Å²) in [6.07, 6.45) is 0.590. The molecule has 0 saturated heterocycles. The van der Waals surface area contributed by atoms with E-state index in [4.69, 9.17) is 21.1 Å². The maximum Gasteiger partial charge on any atom is 0.316 e. The topological polar surface area (TPSA) is 55.8 Å². The molecule has 1 aliphatic carbocycles. The van der Waals surface area contributed by atoms with E-state index in [1.54, 1.807) is 25.1 Å². The Morgan fingerprint density at radius 1 is 1.37 bits per heavy atom. The van der Waals surface area contributed by atoms with Gasteiger partial charge in [0.05, 0.1) is 19.8 Å². The number of hydrogen-bond acceptors (Lipinski definition) is 4. The van der Waals surface area contributed by atoms with Crippen LogP contribution in [0.4, 0.5) is 0 Å². The molecule has 1 aromatic carbocycles. The van der Waals surface area contributed by atoms with E-state index in [2.05, 4.69) is 0 Å². The number of aliphatic hydroxyl groups is 1. The van der Waals surface area contributed by atoms with E-state index in [0.717, 1.165) is 0 Å². The molecule has 2 rings (SSSR count). The van der Waals surface area contributed by atoms with Crippen molar-refractivity contribution in [3.63, 3.8) is 0 Å². The first kappa shape index (κ1) is 14.2. The third-order valence-corrected chi connectivity index (χ3v) is 3.85. The van der Waals surface area contributed by atoms with Crippen LogP contribution < -0.4 is 4.74 Å². The molecule has 0 unspecified atom stereocenters. The highest BCUT2D eigenvalue weighted by molar-refractivity contribution is 6.30. The maximum absolute atomic E-state index is 12.2. The predicted molar refractivity (Wildman–Crippen MR) is 71.6 cm³/mol. The van der Waals surface area contributed by atoms with Crippen molar-refractivity contribution in [2.24, 2.45) is 0 Å². The smallest absolute Gasteiger partial charge is 0.316 e. The number of carbonyl (C=O) groups excluding carboxylic acids is 1. The van der Waals surface area contributed by atoms with E-state index in [1.165, 1.54) is 14.2 Å². The Morgan fingerprint density at radius 3 is 2.47 bits per heavy atom. The molecule has 0 amide bonds. The van der Waals surface area contributed by atoms with Crippen LogP contribution in [0.25, 0.3) is 0 Å². The normalized spacial score (nSPS) is 29.5. The van der Waals surface area contributed by atoms with Crippen LogP contribution in [0.5, 0.6) is 5.75 Å². The first-order chi connectivity index (χ1) is 8.84. The molecule has 1 saturated carbocycles. The fraction of sp³-hybridized carbons (Fsp3) is 0.500. The van der Waals surface area contributed by atoms with Crippen molar-refractivity contribution in [3.8, 4) is 5.75 Å². The van der Waals surface area contributed by atoms with Gasteiger partial charge in [-0.25, -0.2) is 0 Å². The summed E-state index contributed by atoms with van der Waals surface area (Å²) in [7, 11) is 2.88. The largest absolute Gasteiger partial charge is 0.496 e. The SMILES string of the molecule is COC(=O)C1(c2cc(Cl)ccc2OC)CC(C)(O)C1. The summed E-state index contributed by atoms with van der Waals surface area (Å²) >= 11 is 6.01. The molecule has 1 fully saturated rings. The van der Waals surface area contributed by atoms with Crippen LogP contribution in [-0.2, 0) is 14.9 Å². The molecular formula is C14H17ClO4. The van der Waals surface area contributed by atoms with Gasteiger partial charge in [-0.15, -0.1) is 0 Å². The zero-order valence-electron chi connectivity index (χ0n) is 11.2. The number of halogens is 1. The van der Waals surface area contributed by atoms with E-state index >= 15 is 0 Å². The fourth-order valence-corrected chi connectivity index (χ4v) is 3.11. The van der Waals surface area contributed by atoms with Crippen molar-refractivity contribution in [2.75, 3.05) is 14.2 Å². The zero-order valence-corrected chi connectivity index (χ0v) is 12.0. The molecule has 0 atom stereocenters. The molecule has 1 aromatic rings. The molecule has 5 heteroatoms. The van der Waals surface area contributed by atoms with Crippen LogP contribution in [-0.4, -0.2) is 30.9 Å². The van der Waals surface area contributed by atoms with Gasteiger partial charge in [0.25, 0.3) is 0 Å². The second kappa shape index (κ2) is 4.69. The monoisotopic (exact) mass is 284 g/mol. The van der Waals surface area contributed by atoms with Crippen LogP contribution >= 0.6 is 11.6 Å². The predicted octanol–water partition coefficient (Wildman–Crippen LogP) is 2.30. The Morgan fingerprint density at radius 2 is 2.00 bits per heavy atom. The van der Waals surface area contributed by atoms with Crippen molar-refractivity contribution in [1.29, 1.82) is 0 Å². The number of ether oxygens (including phenoxy) is 2. The van der Waals surface area contributed by atoms with Crippen molar-refractivity contribution in [3.05, 3.63) is 28.8 Å². The first-order valence-corrected chi connectivity index (χ1v) is 6.37. The Hall–Kier alpha value is -1.26. The number of esters is 1. The number of methoxy groups -OCH3 is 2. The molecule has 1 aliphatic rings. The third kappa shape index (κ3) is 2.30. The summed E-state index contributed by atoms with van der Waals surface area (Å²) in [4.78, 5) is 12.2. The van der Waals surface area contributed by atoms with E-state index in [1.807, 2.05) is 0 Å².